The van der Waals surface area contributed by atoms with Crippen molar-refractivity contribution in [3.05, 3.63) is 48.3 Å². The number of benzene rings is 1. The van der Waals surface area contributed by atoms with Crippen LogP contribution in [0.25, 0.3) is 0 Å². The van der Waals surface area contributed by atoms with Crippen LogP contribution in [0.1, 0.15) is 116 Å². The molecule has 0 aliphatic carbocycles. The van der Waals surface area contributed by atoms with Crippen molar-refractivity contribution in [2.75, 3.05) is 6.54 Å². The molecular weight excluding hydrogens is 364 g/mol. The van der Waals surface area contributed by atoms with Crippen molar-refractivity contribution in [2.45, 2.75) is 123 Å². The Bertz CT molecular complexity index is 539. The molecule has 0 N–H and O–H groups in total. The van der Waals surface area contributed by atoms with Gasteiger partial charge in [-0.15, -0.1) is 0 Å². The fourth-order valence-corrected chi connectivity index (χ4v) is 4.60. The molecular formula is C28H48N2. The minimum absolute atomic E-state index is 0.556. The van der Waals surface area contributed by atoms with E-state index in [0.717, 1.165) is 6.54 Å². The summed E-state index contributed by atoms with van der Waals surface area (Å²) < 4.78 is 0. The zero-order valence-electron chi connectivity index (χ0n) is 20.0. The first-order valence-corrected chi connectivity index (χ1v) is 13.1. The van der Waals surface area contributed by atoms with Crippen LogP contribution >= 0.6 is 0 Å². The molecule has 1 aromatic rings. The van der Waals surface area contributed by atoms with Crippen LogP contribution in [0.3, 0.4) is 0 Å². The quantitative estimate of drug-likeness (QED) is 0.223. The molecule has 0 fully saturated rings. The molecule has 0 aromatic heterocycles. The maximum Gasteiger partial charge on any atom is 0.101 e. The monoisotopic (exact) mass is 412 g/mol. The molecule has 0 amide bonds. The standard InChI is InChI=1S/C28H48N2/c1-3-5-7-9-11-13-18-22-28-29(23-19-14-12-10-8-6-4-2)24-25-30(28)26-27-20-16-15-17-21-27/h15-17,20-21,24-25,28H,3-14,18-19,22-23,26H2,1-2H3. The Hall–Kier alpha value is -1.44. The zero-order chi connectivity index (χ0) is 21.3. The Balaban J connectivity index is 1.75. The smallest absolute Gasteiger partial charge is 0.101 e. The Morgan fingerprint density at radius 2 is 1.13 bits per heavy atom. The van der Waals surface area contributed by atoms with Crippen LogP contribution in [0, 0.1) is 0 Å². The lowest BCUT2D eigenvalue weighted by molar-refractivity contribution is 0.132. The molecule has 0 saturated carbocycles. The van der Waals surface area contributed by atoms with Gasteiger partial charge in [0, 0.05) is 25.5 Å². The van der Waals surface area contributed by atoms with Crippen molar-refractivity contribution in [2.24, 2.45) is 0 Å². The minimum atomic E-state index is 0.556. The van der Waals surface area contributed by atoms with Gasteiger partial charge in [-0.05, 0) is 24.8 Å². The van der Waals surface area contributed by atoms with Gasteiger partial charge in [0.2, 0.25) is 0 Å². The highest BCUT2D eigenvalue weighted by atomic mass is 15.4. The van der Waals surface area contributed by atoms with Crippen LogP contribution in [0.5, 0.6) is 0 Å². The maximum atomic E-state index is 2.63. The minimum Gasteiger partial charge on any atom is -0.356 e. The first kappa shape index (κ1) is 24.8. The molecule has 2 heteroatoms. The van der Waals surface area contributed by atoms with E-state index >= 15 is 0 Å². The van der Waals surface area contributed by atoms with E-state index in [1.807, 2.05) is 0 Å². The fourth-order valence-electron chi connectivity index (χ4n) is 4.60. The summed E-state index contributed by atoms with van der Waals surface area (Å²) in [4.78, 5) is 5.21. The Labute approximate surface area is 187 Å². The summed E-state index contributed by atoms with van der Waals surface area (Å²) in [6.07, 6.45) is 26.1. The van der Waals surface area contributed by atoms with Crippen molar-refractivity contribution >= 4 is 0 Å². The molecule has 0 spiro atoms. The van der Waals surface area contributed by atoms with Crippen molar-refractivity contribution in [1.82, 2.24) is 9.80 Å². The summed E-state index contributed by atoms with van der Waals surface area (Å²) in [6.45, 7) is 6.85. The molecule has 0 bridgehead atoms. The Kier molecular flexibility index (Phi) is 13.5. The van der Waals surface area contributed by atoms with Crippen LogP contribution in [-0.4, -0.2) is 22.5 Å². The second-order valence-electron chi connectivity index (χ2n) is 9.21. The second kappa shape index (κ2) is 16.3. The summed E-state index contributed by atoms with van der Waals surface area (Å²) in [5.41, 5.74) is 1.42. The molecule has 0 radical (unpaired) electrons. The lowest BCUT2D eigenvalue weighted by atomic mass is 10.1. The molecule has 1 aliphatic heterocycles. The zero-order valence-corrected chi connectivity index (χ0v) is 20.0. The summed E-state index contributed by atoms with van der Waals surface area (Å²) >= 11 is 0. The largest absolute Gasteiger partial charge is 0.356 e. The molecule has 170 valence electrons. The summed E-state index contributed by atoms with van der Waals surface area (Å²) in [6, 6.07) is 11.0. The summed E-state index contributed by atoms with van der Waals surface area (Å²) in [7, 11) is 0. The number of hydrogen-bond donors (Lipinski definition) is 0. The van der Waals surface area contributed by atoms with Gasteiger partial charge >= 0.3 is 0 Å². The van der Waals surface area contributed by atoms with Crippen molar-refractivity contribution in [3.8, 4) is 0 Å². The normalized spacial score (nSPS) is 16.0. The predicted octanol–water partition coefficient (Wildman–Crippen LogP) is 8.49. The van der Waals surface area contributed by atoms with Gasteiger partial charge in [-0.25, -0.2) is 0 Å². The van der Waals surface area contributed by atoms with Crippen molar-refractivity contribution in [1.29, 1.82) is 0 Å². The van der Waals surface area contributed by atoms with Gasteiger partial charge in [-0.2, -0.15) is 0 Å². The summed E-state index contributed by atoms with van der Waals surface area (Å²) in [5.74, 6) is 0. The van der Waals surface area contributed by atoms with E-state index in [0.29, 0.717) is 6.17 Å². The highest BCUT2D eigenvalue weighted by molar-refractivity contribution is 5.15. The van der Waals surface area contributed by atoms with Crippen LogP contribution in [0.2, 0.25) is 0 Å². The third-order valence-corrected chi connectivity index (χ3v) is 6.51. The average molecular weight is 413 g/mol. The van der Waals surface area contributed by atoms with E-state index in [4.69, 9.17) is 0 Å². The molecule has 30 heavy (non-hydrogen) atoms. The SMILES string of the molecule is CCCCCCCCCC1N(CCCCCCCCC)C=CN1Cc1ccccc1. The van der Waals surface area contributed by atoms with Crippen molar-refractivity contribution in [3.63, 3.8) is 0 Å². The number of unbranched alkanes of at least 4 members (excludes halogenated alkanes) is 12. The summed E-state index contributed by atoms with van der Waals surface area (Å²) in [5, 5.41) is 0. The van der Waals surface area contributed by atoms with Gasteiger partial charge in [0.15, 0.2) is 0 Å². The highest BCUT2D eigenvalue weighted by Crippen LogP contribution is 2.25. The molecule has 1 aromatic carbocycles. The third kappa shape index (κ3) is 10.0. The number of nitrogens with zero attached hydrogens (tertiary/aromatic N) is 2. The van der Waals surface area contributed by atoms with Gasteiger partial charge in [0.1, 0.15) is 6.17 Å². The van der Waals surface area contributed by atoms with Crippen LogP contribution < -0.4 is 0 Å². The lowest BCUT2D eigenvalue weighted by Gasteiger charge is -2.33. The van der Waals surface area contributed by atoms with E-state index in [-0.39, 0.29) is 0 Å². The van der Waals surface area contributed by atoms with Crippen molar-refractivity contribution < 1.29 is 0 Å². The van der Waals surface area contributed by atoms with Crippen LogP contribution in [0.4, 0.5) is 0 Å². The third-order valence-electron chi connectivity index (χ3n) is 6.51. The predicted molar refractivity (Wildman–Crippen MR) is 132 cm³/mol. The van der Waals surface area contributed by atoms with Gasteiger partial charge < -0.3 is 9.80 Å². The lowest BCUT2D eigenvalue weighted by Crippen LogP contribution is -2.38. The second-order valence-corrected chi connectivity index (χ2v) is 9.21. The van der Waals surface area contributed by atoms with E-state index in [1.54, 1.807) is 0 Å². The first-order chi connectivity index (χ1) is 14.8. The molecule has 1 unspecified atom stereocenters. The van der Waals surface area contributed by atoms with Crippen LogP contribution in [0.15, 0.2) is 42.7 Å². The van der Waals surface area contributed by atoms with Gasteiger partial charge in [-0.1, -0.05) is 121 Å². The molecule has 0 saturated heterocycles. The Morgan fingerprint density at radius 1 is 0.600 bits per heavy atom. The highest BCUT2D eigenvalue weighted by Gasteiger charge is 2.25. The first-order valence-electron chi connectivity index (χ1n) is 13.1. The fraction of sp³-hybridized carbons (Fsp3) is 0.714. The van der Waals surface area contributed by atoms with Gasteiger partial charge in [-0.3, -0.25) is 0 Å². The molecule has 2 rings (SSSR count). The molecule has 1 aliphatic rings. The molecule has 1 heterocycles. The van der Waals surface area contributed by atoms with E-state index in [1.165, 1.54) is 108 Å². The molecule has 2 nitrogen and oxygen atoms in total. The maximum absolute atomic E-state index is 2.63. The van der Waals surface area contributed by atoms with E-state index in [9.17, 15) is 0 Å². The van der Waals surface area contributed by atoms with Crippen LogP contribution in [-0.2, 0) is 6.54 Å². The van der Waals surface area contributed by atoms with E-state index in [2.05, 4.69) is 66.4 Å². The molecule has 1 atom stereocenters. The Morgan fingerprint density at radius 3 is 1.77 bits per heavy atom. The average Bonchev–Trinajstić information content (AvgIpc) is 3.14. The topological polar surface area (TPSA) is 6.48 Å². The van der Waals surface area contributed by atoms with Gasteiger partial charge in [0.25, 0.3) is 0 Å². The number of rotatable bonds is 18. The number of hydrogen-bond acceptors (Lipinski definition) is 2. The van der Waals surface area contributed by atoms with E-state index < -0.39 is 0 Å². The van der Waals surface area contributed by atoms with Gasteiger partial charge in [0.05, 0.1) is 0 Å².